The van der Waals surface area contributed by atoms with Crippen LogP contribution in [0.1, 0.15) is 64.2 Å². The summed E-state index contributed by atoms with van der Waals surface area (Å²) in [6.07, 6.45) is 2.56. The number of hydrogen-bond acceptors (Lipinski definition) is 9. The van der Waals surface area contributed by atoms with Crippen LogP contribution in [0.5, 0.6) is 11.9 Å². The van der Waals surface area contributed by atoms with Crippen molar-refractivity contribution in [3.63, 3.8) is 0 Å². The third-order valence-corrected chi connectivity index (χ3v) is 9.15. The van der Waals surface area contributed by atoms with Gasteiger partial charge in [-0.3, -0.25) is 0 Å². The molecule has 0 radical (unpaired) electrons. The fraction of sp³-hybridized carbons (Fsp3) is 0.543. The number of anilines is 1. The third kappa shape index (κ3) is 6.64. The Labute approximate surface area is 265 Å². The summed E-state index contributed by atoms with van der Waals surface area (Å²) in [6.45, 7) is 10.7. The maximum atomic E-state index is 13.1. The molecule has 1 amide bonds. The largest absolute Gasteiger partial charge is 0.469 e. The van der Waals surface area contributed by atoms with E-state index < -0.39 is 11.7 Å². The summed E-state index contributed by atoms with van der Waals surface area (Å²) in [6, 6.07) is 17.3. The van der Waals surface area contributed by atoms with Crippen molar-refractivity contribution in [1.29, 1.82) is 5.26 Å². The van der Waals surface area contributed by atoms with Gasteiger partial charge in [0.15, 0.2) is 0 Å². The van der Waals surface area contributed by atoms with Crippen molar-refractivity contribution in [3.8, 4) is 18.0 Å². The number of ether oxygens (including phenoxy) is 3. The molecule has 45 heavy (non-hydrogen) atoms. The summed E-state index contributed by atoms with van der Waals surface area (Å²) in [5.74, 6) is 1.45. The molecule has 3 aliphatic heterocycles. The molecule has 4 heterocycles. The Balaban J connectivity index is 1.33. The molecule has 0 spiro atoms. The van der Waals surface area contributed by atoms with Gasteiger partial charge in [0.1, 0.15) is 24.1 Å². The monoisotopic (exact) mass is 612 g/mol. The van der Waals surface area contributed by atoms with Gasteiger partial charge in [0.2, 0.25) is 5.88 Å². The molecule has 2 unspecified atom stereocenters. The van der Waals surface area contributed by atoms with Crippen molar-refractivity contribution in [2.45, 2.75) is 77.2 Å². The van der Waals surface area contributed by atoms with Crippen molar-refractivity contribution >= 4 is 22.7 Å². The Morgan fingerprint density at radius 1 is 1.09 bits per heavy atom. The van der Waals surface area contributed by atoms with Gasteiger partial charge in [-0.25, -0.2) is 4.79 Å². The van der Waals surface area contributed by atoms with Crippen molar-refractivity contribution in [2.75, 3.05) is 44.7 Å². The minimum Gasteiger partial charge on any atom is -0.469 e. The predicted molar refractivity (Wildman–Crippen MR) is 173 cm³/mol. The summed E-state index contributed by atoms with van der Waals surface area (Å²) in [7, 11) is 2.12. The zero-order chi connectivity index (χ0) is 31.7. The maximum Gasteiger partial charge on any atom is 0.410 e. The second-order valence-electron chi connectivity index (χ2n) is 13.6. The van der Waals surface area contributed by atoms with Crippen LogP contribution in [0.25, 0.3) is 10.8 Å². The van der Waals surface area contributed by atoms with Gasteiger partial charge in [-0.15, -0.1) is 0 Å². The molecule has 0 saturated carbocycles. The average molecular weight is 613 g/mol. The van der Waals surface area contributed by atoms with E-state index in [4.69, 9.17) is 24.2 Å². The van der Waals surface area contributed by atoms with Crippen molar-refractivity contribution in [3.05, 3.63) is 53.6 Å². The van der Waals surface area contributed by atoms with Crippen molar-refractivity contribution in [2.24, 2.45) is 5.92 Å². The summed E-state index contributed by atoms with van der Waals surface area (Å²) in [4.78, 5) is 29.1. The number of carbonyl (C=O) groups is 1. The number of rotatable bonds is 6. The van der Waals surface area contributed by atoms with Crippen molar-refractivity contribution < 1.29 is 19.0 Å². The van der Waals surface area contributed by atoms with E-state index in [0.29, 0.717) is 44.2 Å². The first-order chi connectivity index (χ1) is 21.6. The van der Waals surface area contributed by atoms with Gasteiger partial charge in [-0.1, -0.05) is 49.4 Å². The Morgan fingerprint density at radius 2 is 1.89 bits per heavy atom. The van der Waals surface area contributed by atoms with Crippen molar-refractivity contribution in [1.82, 2.24) is 19.8 Å². The molecule has 0 bridgehead atoms. The molecular weight excluding hydrogens is 568 g/mol. The lowest BCUT2D eigenvalue weighted by molar-refractivity contribution is 0.0144. The number of amides is 1. The molecule has 6 rings (SSSR count). The van der Waals surface area contributed by atoms with E-state index in [0.717, 1.165) is 42.8 Å². The van der Waals surface area contributed by atoms with Crippen LogP contribution < -0.4 is 14.4 Å². The highest BCUT2D eigenvalue weighted by Gasteiger charge is 2.38. The van der Waals surface area contributed by atoms with Gasteiger partial charge in [0.25, 0.3) is 0 Å². The van der Waals surface area contributed by atoms with Crippen LogP contribution in [-0.4, -0.2) is 83.4 Å². The SMILES string of the molecule is CC1Cc2c(nc(OC[C@@H]3CCCN3C)nc2N2CCN(C(=O)OC(C)(C)C)[C@@H](CC#N)C2)OC1c1cccc2ccccc12. The van der Waals surface area contributed by atoms with Gasteiger partial charge < -0.3 is 28.9 Å². The number of likely N-dealkylation sites (tertiary alicyclic amines) is 1. The van der Waals surface area contributed by atoms with Crippen LogP contribution in [0.2, 0.25) is 0 Å². The van der Waals surface area contributed by atoms with Crippen LogP contribution in [0.4, 0.5) is 10.6 Å². The number of aromatic nitrogens is 2. The van der Waals surface area contributed by atoms with Crippen LogP contribution >= 0.6 is 0 Å². The minimum absolute atomic E-state index is 0.155. The number of likely N-dealkylation sites (N-methyl/N-ethyl adjacent to an activating group) is 1. The predicted octanol–water partition coefficient (Wildman–Crippen LogP) is 5.75. The highest BCUT2D eigenvalue weighted by Crippen LogP contribution is 2.44. The molecule has 0 aliphatic carbocycles. The van der Waals surface area contributed by atoms with E-state index in [1.54, 1.807) is 4.90 Å². The lowest BCUT2D eigenvalue weighted by Crippen LogP contribution is -2.56. The number of fused-ring (bicyclic) bond motifs is 2. The van der Waals surface area contributed by atoms with Gasteiger partial charge in [0, 0.05) is 37.2 Å². The topological polar surface area (TPSA) is 104 Å². The zero-order valence-electron chi connectivity index (χ0n) is 27.0. The average Bonchev–Trinajstić information content (AvgIpc) is 3.42. The Bertz CT molecular complexity index is 1580. The summed E-state index contributed by atoms with van der Waals surface area (Å²) in [5.41, 5.74) is 1.46. The van der Waals surface area contributed by atoms with E-state index in [2.05, 4.69) is 72.3 Å². The molecular formula is C35H44N6O4. The van der Waals surface area contributed by atoms with Crippen LogP contribution in [0, 0.1) is 17.2 Å². The number of carbonyl (C=O) groups excluding carboxylic acids is 1. The molecule has 10 nitrogen and oxygen atoms in total. The fourth-order valence-electron chi connectivity index (χ4n) is 6.82. The molecule has 2 aromatic carbocycles. The minimum atomic E-state index is -0.620. The number of benzene rings is 2. The standard InChI is InChI=1S/C35H44N6O4/c1-23-20-29-31(40-18-19-41(25(21-40)15-16-36)34(42)45-35(2,3)4)37-33(43-22-26-12-9-17-39(26)5)38-32(29)44-30(23)28-14-8-11-24-10-6-7-13-27(24)28/h6-8,10-11,13-14,23,25-26,30H,9,12,15,17-22H2,1-5H3/t23?,25-,26-,30?/m0/s1. The normalized spacial score (nSPS) is 23.7. The second-order valence-corrected chi connectivity index (χ2v) is 13.6. The van der Waals surface area contributed by atoms with Gasteiger partial charge >= 0.3 is 12.1 Å². The zero-order valence-corrected chi connectivity index (χ0v) is 27.0. The lowest BCUT2D eigenvalue weighted by atomic mass is 9.87. The fourth-order valence-corrected chi connectivity index (χ4v) is 6.82. The highest BCUT2D eigenvalue weighted by atomic mass is 16.6. The quantitative estimate of drug-likeness (QED) is 0.344. The van der Waals surface area contributed by atoms with Crippen LogP contribution in [-0.2, 0) is 11.2 Å². The number of nitriles is 1. The molecule has 3 aliphatic rings. The lowest BCUT2D eigenvalue weighted by Gasteiger charge is -2.42. The van der Waals surface area contributed by atoms with E-state index in [9.17, 15) is 10.1 Å². The molecule has 4 atom stereocenters. The molecule has 2 fully saturated rings. The molecule has 0 N–H and O–H groups in total. The summed E-state index contributed by atoms with van der Waals surface area (Å²) >= 11 is 0. The Morgan fingerprint density at radius 3 is 2.64 bits per heavy atom. The first-order valence-corrected chi connectivity index (χ1v) is 16.1. The molecule has 238 valence electrons. The molecule has 1 aromatic heterocycles. The number of hydrogen-bond donors (Lipinski definition) is 0. The van der Waals surface area contributed by atoms with E-state index >= 15 is 0 Å². The van der Waals surface area contributed by atoms with E-state index in [1.807, 2.05) is 20.8 Å². The first-order valence-electron chi connectivity index (χ1n) is 16.1. The highest BCUT2D eigenvalue weighted by molar-refractivity contribution is 5.86. The summed E-state index contributed by atoms with van der Waals surface area (Å²) in [5, 5.41) is 12.0. The third-order valence-electron chi connectivity index (χ3n) is 9.15. The first kappa shape index (κ1) is 30.9. The Hall–Kier alpha value is -4.10. The van der Waals surface area contributed by atoms with Crippen LogP contribution in [0.15, 0.2) is 42.5 Å². The maximum absolute atomic E-state index is 13.1. The summed E-state index contributed by atoms with van der Waals surface area (Å²) < 4.78 is 18.7. The smallest absolute Gasteiger partial charge is 0.410 e. The number of nitrogens with zero attached hydrogens (tertiary/aromatic N) is 6. The van der Waals surface area contributed by atoms with Gasteiger partial charge in [-0.2, -0.15) is 15.2 Å². The van der Waals surface area contributed by atoms with E-state index in [1.165, 1.54) is 10.8 Å². The van der Waals surface area contributed by atoms with E-state index in [-0.39, 0.29) is 24.5 Å². The van der Waals surface area contributed by atoms with Gasteiger partial charge in [0.05, 0.1) is 24.1 Å². The van der Waals surface area contributed by atoms with Crippen LogP contribution in [0.3, 0.4) is 0 Å². The van der Waals surface area contributed by atoms with Gasteiger partial charge in [-0.05, 0) is 64.4 Å². The number of piperazine rings is 1. The molecule has 10 heteroatoms. The Kier molecular flexibility index (Phi) is 8.74. The molecule has 2 saturated heterocycles. The molecule has 3 aromatic rings. The second kappa shape index (κ2) is 12.7.